The van der Waals surface area contributed by atoms with Gasteiger partial charge in [0.2, 0.25) is 0 Å². The molecule has 5 nitrogen and oxygen atoms in total. The quantitative estimate of drug-likeness (QED) is 0.607. The molecule has 0 aromatic heterocycles. The summed E-state index contributed by atoms with van der Waals surface area (Å²) in [5.74, 6) is 0.859. The van der Waals surface area contributed by atoms with Gasteiger partial charge in [0.1, 0.15) is 16.0 Å². The zero-order chi connectivity index (χ0) is 14.7. The lowest BCUT2D eigenvalue weighted by molar-refractivity contribution is -0.385. The summed E-state index contributed by atoms with van der Waals surface area (Å²) in [6, 6.07) is 9.66. The molecule has 7 heteroatoms. The van der Waals surface area contributed by atoms with Gasteiger partial charge in [-0.25, -0.2) is 0 Å². The standard InChI is InChI=1S/C13H9Br2NO4/c14-10-6-9(5-4-8(10)7-17)20-12-3-1-2-11(13(12)15)16(18)19/h1-6,17H,7H2. The number of aliphatic hydroxyl groups is 1. The Bertz CT molecular complexity index is 661. The molecule has 2 aromatic rings. The van der Waals surface area contributed by atoms with Crippen molar-refractivity contribution in [3.05, 3.63) is 61.0 Å². The number of halogens is 2. The van der Waals surface area contributed by atoms with Crippen molar-refractivity contribution in [2.24, 2.45) is 0 Å². The lowest BCUT2D eigenvalue weighted by atomic mass is 10.2. The molecule has 0 saturated carbocycles. The summed E-state index contributed by atoms with van der Waals surface area (Å²) in [6.07, 6.45) is 0. The van der Waals surface area contributed by atoms with Crippen LogP contribution in [-0.4, -0.2) is 10.0 Å². The third-order valence-electron chi connectivity index (χ3n) is 2.56. The van der Waals surface area contributed by atoms with E-state index < -0.39 is 4.92 Å². The largest absolute Gasteiger partial charge is 0.456 e. The van der Waals surface area contributed by atoms with Crippen molar-refractivity contribution in [3.63, 3.8) is 0 Å². The van der Waals surface area contributed by atoms with E-state index in [0.29, 0.717) is 16.0 Å². The second-order valence-electron chi connectivity index (χ2n) is 3.86. The van der Waals surface area contributed by atoms with Crippen LogP contribution in [0.25, 0.3) is 0 Å². The summed E-state index contributed by atoms with van der Waals surface area (Å²) in [7, 11) is 0. The highest BCUT2D eigenvalue weighted by atomic mass is 79.9. The Hall–Kier alpha value is -1.44. The number of hydrogen-bond donors (Lipinski definition) is 1. The van der Waals surface area contributed by atoms with Crippen molar-refractivity contribution < 1.29 is 14.8 Å². The minimum atomic E-state index is -0.484. The van der Waals surface area contributed by atoms with Gasteiger partial charge in [0, 0.05) is 10.5 Å². The highest BCUT2D eigenvalue weighted by Gasteiger charge is 2.16. The maximum Gasteiger partial charge on any atom is 0.287 e. The van der Waals surface area contributed by atoms with E-state index in [1.807, 2.05) is 0 Å². The van der Waals surface area contributed by atoms with Gasteiger partial charge in [-0.15, -0.1) is 0 Å². The molecule has 0 heterocycles. The van der Waals surface area contributed by atoms with Crippen LogP contribution in [0.2, 0.25) is 0 Å². The Kier molecular flexibility index (Phi) is 4.74. The lowest BCUT2D eigenvalue weighted by Gasteiger charge is -2.09. The Morgan fingerprint density at radius 3 is 2.60 bits per heavy atom. The van der Waals surface area contributed by atoms with Crippen LogP contribution in [0.3, 0.4) is 0 Å². The first-order valence-corrected chi connectivity index (χ1v) is 7.11. The van der Waals surface area contributed by atoms with Crippen LogP contribution in [0.4, 0.5) is 5.69 Å². The first kappa shape index (κ1) is 15.0. The fraction of sp³-hybridized carbons (Fsp3) is 0.0769. The van der Waals surface area contributed by atoms with Gasteiger partial charge >= 0.3 is 0 Å². The van der Waals surface area contributed by atoms with Gasteiger partial charge in [-0.1, -0.05) is 28.1 Å². The van der Waals surface area contributed by atoms with Crippen LogP contribution in [0.5, 0.6) is 11.5 Å². The highest BCUT2D eigenvalue weighted by Crippen LogP contribution is 2.37. The van der Waals surface area contributed by atoms with Crippen LogP contribution in [0.15, 0.2) is 45.3 Å². The molecular weight excluding hydrogens is 394 g/mol. The summed E-state index contributed by atoms with van der Waals surface area (Å²) in [6.45, 7) is -0.0820. The van der Waals surface area contributed by atoms with E-state index in [1.165, 1.54) is 6.07 Å². The summed E-state index contributed by atoms with van der Waals surface area (Å²) >= 11 is 6.48. The smallest absolute Gasteiger partial charge is 0.287 e. The summed E-state index contributed by atoms with van der Waals surface area (Å²) in [5, 5.41) is 19.9. The van der Waals surface area contributed by atoms with Gasteiger partial charge < -0.3 is 9.84 Å². The molecule has 0 atom stereocenters. The normalized spacial score (nSPS) is 10.3. The van der Waals surface area contributed by atoms with Gasteiger partial charge in [-0.05, 0) is 39.7 Å². The Balaban J connectivity index is 2.33. The van der Waals surface area contributed by atoms with Gasteiger partial charge in [0.25, 0.3) is 5.69 Å². The number of benzene rings is 2. The molecule has 0 radical (unpaired) electrons. The number of ether oxygens (including phenoxy) is 1. The molecule has 0 spiro atoms. The fourth-order valence-electron chi connectivity index (χ4n) is 1.57. The fourth-order valence-corrected chi connectivity index (χ4v) is 2.54. The number of rotatable bonds is 4. The second-order valence-corrected chi connectivity index (χ2v) is 5.51. The van der Waals surface area contributed by atoms with E-state index in [2.05, 4.69) is 31.9 Å². The van der Waals surface area contributed by atoms with Crippen LogP contribution >= 0.6 is 31.9 Å². The number of nitrogens with zero attached hydrogens (tertiary/aromatic N) is 1. The van der Waals surface area contributed by atoms with E-state index in [0.717, 1.165) is 5.56 Å². The average molecular weight is 403 g/mol. The van der Waals surface area contributed by atoms with Crippen LogP contribution in [-0.2, 0) is 6.61 Å². The molecule has 104 valence electrons. The highest BCUT2D eigenvalue weighted by molar-refractivity contribution is 9.11. The van der Waals surface area contributed by atoms with Crippen molar-refractivity contribution in [1.29, 1.82) is 0 Å². The van der Waals surface area contributed by atoms with Crippen molar-refractivity contribution in [1.82, 2.24) is 0 Å². The first-order valence-electron chi connectivity index (χ1n) is 5.53. The molecule has 2 rings (SSSR count). The molecule has 0 unspecified atom stereocenters. The Labute approximate surface area is 131 Å². The minimum Gasteiger partial charge on any atom is -0.456 e. The van der Waals surface area contributed by atoms with E-state index >= 15 is 0 Å². The van der Waals surface area contributed by atoms with Crippen molar-refractivity contribution in [2.75, 3.05) is 0 Å². The predicted molar refractivity (Wildman–Crippen MR) is 80.9 cm³/mol. The number of aliphatic hydroxyl groups excluding tert-OH is 1. The first-order chi connectivity index (χ1) is 9.52. The molecule has 1 N–H and O–H groups in total. The molecule has 0 saturated heterocycles. The molecular formula is C13H9Br2NO4. The molecule has 2 aromatic carbocycles. The minimum absolute atomic E-state index is 0.0615. The van der Waals surface area contributed by atoms with Gasteiger partial charge in [0.05, 0.1) is 11.5 Å². The van der Waals surface area contributed by atoms with Crippen LogP contribution < -0.4 is 4.74 Å². The van der Waals surface area contributed by atoms with Crippen molar-refractivity contribution in [3.8, 4) is 11.5 Å². The SMILES string of the molecule is O=[N+]([O-])c1cccc(Oc2ccc(CO)c(Br)c2)c1Br. The summed E-state index contributed by atoms with van der Waals surface area (Å²) < 4.78 is 6.61. The van der Waals surface area contributed by atoms with E-state index in [4.69, 9.17) is 9.84 Å². The molecule has 0 aliphatic rings. The Morgan fingerprint density at radius 2 is 2.00 bits per heavy atom. The number of nitro groups is 1. The third-order valence-corrected chi connectivity index (χ3v) is 4.10. The summed E-state index contributed by atoms with van der Waals surface area (Å²) in [4.78, 5) is 10.4. The van der Waals surface area contributed by atoms with Gasteiger partial charge in [0.15, 0.2) is 0 Å². The van der Waals surface area contributed by atoms with Gasteiger partial charge in [-0.3, -0.25) is 10.1 Å². The zero-order valence-electron chi connectivity index (χ0n) is 10.0. The zero-order valence-corrected chi connectivity index (χ0v) is 13.2. The Morgan fingerprint density at radius 1 is 1.25 bits per heavy atom. The number of nitro benzene ring substituents is 1. The van der Waals surface area contributed by atoms with Crippen molar-refractivity contribution in [2.45, 2.75) is 6.61 Å². The second kappa shape index (κ2) is 6.34. The topological polar surface area (TPSA) is 72.6 Å². The average Bonchev–Trinajstić information content (AvgIpc) is 2.41. The number of hydrogen-bond acceptors (Lipinski definition) is 4. The maximum absolute atomic E-state index is 10.8. The molecule has 0 fully saturated rings. The van der Waals surface area contributed by atoms with E-state index in [1.54, 1.807) is 30.3 Å². The molecule has 0 aliphatic heterocycles. The molecule has 20 heavy (non-hydrogen) atoms. The lowest BCUT2D eigenvalue weighted by Crippen LogP contribution is -1.93. The predicted octanol–water partition coefficient (Wildman–Crippen LogP) is 4.40. The van der Waals surface area contributed by atoms with E-state index in [9.17, 15) is 10.1 Å². The van der Waals surface area contributed by atoms with Crippen LogP contribution in [0, 0.1) is 10.1 Å². The van der Waals surface area contributed by atoms with Gasteiger partial charge in [-0.2, -0.15) is 0 Å². The monoisotopic (exact) mass is 401 g/mol. The molecule has 0 amide bonds. The molecule has 0 bridgehead atoms. The van der Waals surface area contributed by atoms with Crippen LogP contribution in [0.1, 0.15) is 5.56 Å². The maximum atomic E-state index is 10.8. The van der Waals surface area contributed by atoms with Crippen molar-refractivity contribution >= 4 is 37.5 Å². The molecule has 0 aliphatic carbocycles. The van der Waals surface area contributed by atoms with E-state index in [-0.39, 0.29) is 16.8 Å². The summed E-state index contributed by atoms with van der Waals surface area (Å²) in [5.41, 5.74) is 0.670. The third kappa shape index (κ3) is 3.17.